The monoisotopic (exact) mass is 248 g/mol. The van der Waals surface area contributed by atoms with Crippen molar-refractivity contribution in [2.45, 2.75) is 26.7 Å². The van der Waals surface area contributed by atoms with E-state index in [0.29, 0.717) is 0 Å². The van der Waals surface area contributed by atoms with Gasteiger partial charge in [-0.1, -0.05) is 24.9 Å². The Morgan fingerprint density at radius 1 is 1.29 bits per heavy atom. The Labute approximate surface area is 107 Å². The van der Waals surface area contributed by atoms with Crippen molar-refractivity contribution in [2.24, 2.45) is 0 Å². The number of aromatic nitrogens is 1. The Morgan fingerprint density at radius 3 is 2.71 bits per heavy atom. The Kier molecular flexibility index (Phi) is 3.53. The molecule has 0 atom stereocenters. The molecule has 0 unspecified atom stereocenters. The van der Waals surface area contributed by atoms with Gasteiger partial charge in [0.05, 0.1) is 5.52 Å². The van der Waals surface area contributed by atoms with E-state index in [1.807, 2.05) is 19.2 Å². The molecule has 0 fully saturated rings. The van der Waals surface area contributed by atoms with Crippen LogP contribution in [0.5, 0.6) is 0 Å². The summed E-state index contributed by atoms with van der Waals surface area (Å²) in [6.07, 6.45) is 2.11. The summed E-state index contributed by atoms with van der Waals surface area (Å²) in [6.45, 7) is 4.22. The van der Waals surface area contributed by atoms with E-state index in [1.165, 1.54) is 0 Å². The highest BCUT2D eigenvalue weighted by Crippen LogP contribution is 2.29. The number of halogens is 1. The summed E-state index contributed by atoms with van der Waals surface area (Å²) < 4.78 is 0. The first-order chi connectivity index (χ1) is 8.15. The van der Waals surface area contributed by atoms with Crippen LogP contribution in [0.25, 0.3) is 10.9 Å². The fraction of sp³-hybridized carbons (Fsp3) is 0.357. The minimum Gasteiger partial charge on any atom is -0.388 e. The molecule has 0 spiro atoms. The zero-order valence-corrected chi connectivity index (χ0v) is 11.2. The van der Waals surface area contributed by atoms with Gasteiger partial charge in [0, 0.05) is 28.8 Å². The van der Waals surface area contributed by atoms with Crippen molar-refractivity contribution in [3.8, 4) is 0 Å². The van der Waals surface area contributed by atoms with E-state index in [0.717, 1.165) is 45.7 Å². The van der Waals surface area contributed by atoms with Gasteiger partial charge in [0.2, 0.25) is 0 Å². The Balaban J connectivity index is 2.73. The zero-order chi connectivity index (χ0) is 12.4. The van der Waals surface area contributed by atoms with E-state index in [2.05, 4.69) is 25.2 Å². The van der Waals surface area contributed by atoms with Gasteiger partial charge in [-0.15, -0.1) is 0 Å². The van der Waals surface area contributed by atoms with Crippen LogP contribution in [0.2, 0.25) is 5.02 Å². The molecule has 1 N–H and O–H groups in total. The number of hydrogen-bond donors (Lipinski definition) is 1. The number of pyridine rings is 1. The zero-order valence-electron chi connectivity index (χ0n) is 10.5. The molecule has 2 rings (SSSR count). The molecule has 1 heterocycles. The van der Waals surface area contributed by atoms with Crippen molar-refractivity contribution >= 4 is 28.2 Å². The lowest BCUT2D eigenvalue weighted by atomic mass is 10.1. The second-order valence-corrected chi connectivity index (χ2v) is 4.72. The van der Waals surface area contributed by atoms with Gasteiger partial charge in [-0.05, 0) is 37.1 Å². The number of nitrogens with one attached hydrogen (secondary N) is 1. The molecule has 17 heavy (non-hydrogen) atoms. The highest BCUT2D eigenvalue weighted by atomic mass is 35.5. The molecule has 0 saturated carbocycles. The number of anilines is 1. The van der Waals surface area contributed by atoms with Gasteiger partial charge in [-0.2, -0.15) is 0 Å². The predicted molar refractivity (Wildman–Crippen MR) is 75.0 cm³/mol. The van der Waals surface area contributed by atoms with Crippen molar-refractivity contribution < 1.29 is 0 Å². The lowest BCUT2D eigenvalue weighted by molar-refractivity contribution is 0.889. The van der Waals surface area contributed by atoms with Gasteiger partial charge in [-0.3, -0.25) is 4.98 Å². The third kappa shape index (κ3) is 2.37. The third-order valence-electron chi connectivity index (χ3n) is 2.90. The van der Waals surface area contributed by atoms with Gasteiger partial charge in [0.1, 0.15) is 0 Å². The van der Waals surface area contributed by atoms with E-state index >= 15 is 0 Å². The molecule has 3 heteroatoms. The number of nitrogens with zero attached hydrogens (tertiary/aromatic N) is 1. The largest absolute Gasteiger partial charge is 0.388 e. The van der Waals surface area contributed by atoms with Gasteiger partial charge >= 0.3 is 0 Å². The number of fused-ring (bicyclic) bond motifs is 1. The summed E-state index contributed by atoms with van der Waals surface area (Å²) in [5.41, 5.74) is 4.41. The molecule has 90 valence electrons. The van der Waals surface area contributed by atoms with Crippen LogP contribution in [0.3, 0.4) is 0 Å². The van der Waals surface area contributed by atoms with Crippen LogP contribution >= 0.6 is 11.6 Å². The third-order valence-corrected chi connectivity index (χ3v) is 3.12. The van der Waals surface area contributed by atoms with Crippen LogP contribution in [0.4, 0.5) is 5.69 Å². The molecule has 0 amide bonds. The van der Waals surface area contributed by atoms with E-state index in [4.69, 9.17) is 16.6 Å². The van der Waals surface area contributed by atoms with Gasteiger partial charge < -0.3 is 5.32 Å². The summed E-state index contributed by atoms with van der Waals surface area (Å²) in [4.78, 5) is 4.72. The fourth-order valence-electron chi connectivity index (χ4n) is 2.10. The Morgan fingerprint density at radius 2 is 2.06 bits per heavy atom. The predicted octanol–water partition coefficient (Wildman–Crippen LogP) is 4.19. The highest BCUT2D eigenvalue weighted by Gasteiger charge is 2.08. The molecule has 1 aromatic heterocycles. The standard InChI is InChI=1S/C14H17ClN2/c1-4-5-11-8-13(16-3)12-7-10(15)6-9(2)14(12)17-11/h6-8H,4-5H2,1-3H3,(H,16,17). The molecule has 0 radical (unpaired) electrons. The summed E-state index contributed by atoms with van der Waals surface area (Å²) in [5.74, 6) is 0. The van der Waals surface area contributed by atoms with E-state index < -0.39 is 0 Å². The second kappa shape index (κ2) is 4.92. The average Bonchev–Trinajstić information content (AvgIpc) is 2.29. The van der Waals surface area contributed by atoms with E-state index in [1.54, 1.807) is 0 Å². The minimum absolute atomic E-state index is 0.761. The summed E-state index contributed by atoms with van der Waals surface area (Å²) in [6, 6.07) is 6.05. The molecule has 0 aliphatic rings. The molecular formula is C14H17ClN2. The molecule has 0 saturated heterocycles. The molecule has 2 aromatic rings. The van der Waals surface area contributed by atoms with Crippen LogP contribution in [0.15, 0.2) is 18.2 Å². The van der Waals surface area contributed by atoms with E-state index in [-0.39, 0.29) is 0 Å². The summed E-state index contributed by atoms with van der Waals surface area (Å²) >= 11 is 6.10. The quantitative estimate of drug-likeness (QED) is 0.881. The maximum absolute atomic E-state index is 6.10. The topological polar surface area (TPSA) is 24.9 Å². The number of aryl methyl sites for hydroxylation is 2. The molecule has 2 nitrogen and oxygen atoms in total. The number of hydrogen-bond acceptors (Lipinski definition) is 2. The van der Waals surface area contributed by atoms with E-state index in [9.17, 15) is 0 Å². The molecule has 0 aliphatic carbocycles. The second-order valence-electron chi connectivity index (χ2n) is 4.28. The smallest absolute Gasteiger partial charge is 0.0756 e. The molecule has 1 aromatic carbocycles. The first-order valence-corrected chi connectivity index (χ1v) is 6.31. The maximum Gasteiger partial charge on any atom is 0.0756 e. The van der Waals surface area contributed by atoms with Crippen LogP contribution in [0.1, 0.15) is 24.6 Å². The first-order valence-electron chi connectivity index (χ1n) is 5.93. The van der Waals surface area contributed by atoms with Crippen LogP contribution in [-0.4, -0.2) is 12.0 Å². The average molecular weight is 249 g/mol. The minimum atomic E-state index is 0.761. The first kappa shape index (κ1) is 12.2. The number of benzene rings is 1. The maximum atomic E-state index is 6.10. The molecule has 0 bridgehead atoms. The van der Waals surface area contributed by atoms with Gasteiger partial charge in [0.25, 0.3) is 0 Å². The van der Waals surface area contributed by atoms with Crippen molar-refractivity contribution in [2.75, 3.05) is 12.4 Å². The lowest BCUT2D eigenvalue weighted by Crippen LogP contribution is -1.97. The molecular weight excluding hydrogens is 232 g/mol. The summed E-state index contributed by atoms with van der Waals surface area (Å²) in [5, 5.41) is 5.08. The molecule has 0 aliphatic heterocycles. The van der Waals surface area contributed by atoms with Gasteiger partial charge in [0.15, 0.2) is 0 Å². The van der Waals surface area contributed by atoms with Crippen molar-refractivity contribution in [1.29, 1.82) is 0 Å². The van der Waals surface area contributed by atoms with Crippen LogP contribution in [0, 0.1) is 6.92 Å². The highest BCUT2D eigenvalue weighted by molar-refractivity contribution is 6.31. The Bertz CT molecular complexity index is 549. The van der Waals surface area contributed by atoms with Crippen LogP contribution in [-0.2, 0) is 6.42 Å². The van der Waals surface area contributed by atoms with Crippen molar-refractivity contribution in [3.63, 3.8) is 0 Å². The normalized spacial score (nSPS) is 10.8. The Hall–Kier alpha value is -1.28. The lowest BCUT2D eigenvalue weighted by Gasteiger charge is -2.11. The SMILES string of the molecule is CCCc1cc(NC)c2cc(Cl)cc(C)c2n1. The van der Waals surface area contributed by atoms with Gasteiger partial charge in [-0.25, -0.2) is 0 Å². The number of rotatable bonds is 3. The van der Waals surface area contributed by atoms with Crippen molar-refractivity contribution in [3.05, 3.63) is 34.5 Å². The summed E-state index contributed by atoms with van der Waals surface area (Å²) in [7, 11) is 1.93. The van der Waals surface area contributed by atoms with Crippen LogP contribution < -0.4 is 5.32 Å². The fourth-order valence-corrected chi connectivity index (χ4v) is 2.37. The van der Waals surface area contributed by atoms with Crippen molar-refractivity contribution in [1.82, 2.24) is 4.98 Å².